The quantitative estimate of drug-likeness (QED) is 0.722. The highest BCUT2D eigenvalue weighted by Crippen LogP contribution is 2.09. The molecule has 0 aliphatic heterocycles. The van der Waals surface area contributed by atoms with Crippen LogP contribution in [-0.2, 0) is 9.53 Å². The molecule has 1 heterocycles. The number of esters is 1. The number of aromatic nitrogens is 1. The van der Waals surface area contributed by atoms with Gasteiger partial charge < -0.3 is 14.4 Å². The van der Waals surface area contributed by atoms with Crippen molar-refractivity contribution in [3.8, 4) is 5.88 Å². The maximum atomic E-state index is 12.2. The molecule has 1 rings (SSSR count). The molecule has 0 spiro atoms. The van der Waals surface area contributed by atoms with Crippen LogP contribution in [0.1, 0.15) is 24.2 Å². The fourth-order valence-corrected chi connectivity index (χ4v) is 1.50. The zero-order valence-electron chi connectivity index (χ0n) is 11.4. The average molecular weight is 266 g/mol. The van der Waals surface area contributed by atoms with E-state index in [9.17, 15) is 9.59 Å². The lowest BCUT2D eigenvalue weighted by Gasteiger charge is -2.19. The molecule has 1 aromatic heterocycles. The van der Waals surface area contributed by atoms with Crippen molar-refractivity contribution >= 4 is 11.9 Å². The molecule has 0 aliphatic carbocycles. The highest BCUT2D eigenvalue weighted by molar-refractivity contribution is 5.95. The van der Waals surface area contributed by atoms with Crippen molar-refractivity contribution in [3.63, 3.8) is 0 Å². The van der Waals surface area contributed by atoms with Crippen molar-refractivity contribution in [1.29, 1.82) is 0 Å². The Kier molecular flexibility index (Phi) is 5.78. The van der Waals surface area contributed by atoms with Crippen LogP contribution >= 0.6 is 0 Å². The summed E-state index contributed by atoms with van der Waals surface area (Å²) in [5, 5.41) is 0. The summed E-state index contributed by atoms with van der Waals surface area (Å²) in [6.07, 6.45) is 1.43. The highest BCUT2D eigenvalue weighted by Gasteiger charge is 2.18. The average Bonchev–Trinajstić information content (AvgIpc) is 2.44. The second-order valence-electron chi connectivity index (χ2n) is 3.71. The number of carbonyl (C=O) groups is 2. The number of amides is 1. The first kappa shape index (κ1) is 14.9. The van der Waals surface area contributed by atoms with Crippen molar-refractivity contribution in [3.05, 3.63) is 23.9 Å². The van der Waals surface area contributed by atoms with E-state index in [4.69, 9.17) is 9.47 Å². The Bertz CT molecular complexity index is 431. The molecule has 6 nitrogen and oxygen atoms in total. The van der Waals surface area contributed by atoms with E-state index >= 15 is 0 Å². The zero-order valence-corrected chi connectivity index (χ0v) is 11.4. The molecule has 6 heteroatoms. The van der Waals surface area contributed by atoms with Crippen molar-refractivity contribution in [2.24, 2.45) is 0 Å². The van der Waals surface area contributed by atoms with Crippen LogP contribution in [0.15, 0.2) is 18.3 Å². The van der Waals surface area contributed by atoms with Gasteiger partial charge in [-0.25, -0.2) is 4.98 Å². The smallest absolute Gasteiger partial charge is 0.325 e. The fraction of sp³-hybridized carbons (Fsp3) is 0.462. The second-order valence-corrected chi connectivity index (χ2v) is 3.71. The third-order valence-electron chi connectivity index (χ3n) is 2.49. The third kappa shape index (κ3) is 4.24. The lowest BCUT2D eigenvalue weighted by molar-refractivity contribution is -0.143. The zero-order chi connectivity index (χ0) is 14.3. The number of hydrogen-bond donors (Lipinski definition) is 0. The van der Waals surface area contributed by atoms with Gasteiger partial charge in [0.25, 0.3) is 5.91 Å². The highest BCUT2D eigenvalue weighted by atomic mass is 16.5. The van der Waals surface area contributed by atoms with Crippen LogP contribution in [0.4, 0.5) is 0 Å². The lowest BCUT2D eigenvalue weighted by atomic mass is 10.2. The van der Waals surface area contributed by atoms with Crippen LogP contribution in [0.2, 0.25) is 0 Å². The molecule has 0 aliphatic rings. The molecule has 0 atom stereocenters. The number of methoxy groups -OCH3 is 1. The predicted octanol–water partition coefficient (Wildman–Crippen LogP) is 1.12. The summed E-state index contributed by atoms with van der Waals surface area (Å²) in [5.74, 6) is -0.241. The topological polar surface area (TPSA) is 68.7 Å². The van der Waals surface area contributed by atoms with Gasteiger partial charge in [-0.3, -0.25) is 9.59 Å². The molecule has 0 unspecified atom stereocenters. The van der Waals surface area contributed by atoms with E-state index in [-0.39, 0.29) is 12.5 Å². The van der Waals surface area contributed by atoms with Crippen molar-refractivity contribution in [2.45, 2.75) is 13.8 Å². The van der Waals surface area contributed by atoms with Gasteiger partial charge in [-0.15, -0.1) is 0 Å². The van der Waals surface area contributed by atoms with Crippen molar-refractivity contribution in [1.82, 2.24) is 9.88 Å². The van der Waals surface area contributed by atoms with Crippen LogP contribution in [0.5, 0.6) is 5.88 Å². The number of pyridine rings is 1. The van der Waals surface area contributed by atoms with Gasteiger partial charge in [-0.2, -0.15) is 0 Å². The van der Waals surface area contributed by atoms with Crippen molar-refractivity contribution < 1.29 is 19.1 Å². The summed E-state index contributed by atoms with van der Waals surface area (Å²) in [6.45, 7) is 4.19. The van der Waals surface area contributed by atoms with Crippen LogP contribution < -0.4 is 4.74 Å². The van der Waals surface area contributed by atoms with Crippen LogP contribution in [0.3, 0.4) is 0 Å². The maximum absolute atomic E-state index is 12.2. The van der Waals surface area contributed by atoms with Crippen LogP contribution in [0.25, 0.3) is 0 Å². The molecular formula is C13H18N2O4. The first-order valence-electron chi connectivity index (χ1n) is 6.07. The number of carbonyl (C=O) groups excluding carboxylic acids is 2. The summed E-state index contributed by atoms with van der Waals surface area (Å²) in [5.41, 5.74) is 0.409. The number of likely N-dealkylation sites (N-methyl/N-ethyl adjacent to an activating group) is 1. The fourth-order valence-electron chi connectivity index (χ4n) is 1.50. The molecule has 0 saturated carbocycles. The number of hydrogen-bond acceptors (Lipinski definition) is 5. The Hall–Kier alpha value is -2.11. The minimum atomic E-state index is -0.417. The molecule has 0 N–H and O–H groups in total. The Balaban J connectivity index is 2.74. The monoisotopic (exact) mass is 266 g/mol. The minimum absolute atomic E-state index is 0.0603. The molecule has 1 aromatic rings. The van der Waals surface area contributed by atoms with E-state index < -0.39 is 5.97 Å². The number of rotatable bonds is 6. The summed E-state index contributed by atoms with van der Waals surface area (Å²) < 4.78 is 9.75. The van der Waals surface area contributed by atoms with E-state index in [1.165, 1.54) is 18.2 Å². The van der Waals surface area contributed by atoms with E-state index in [1.807, 2.05) is 0 Å². The van der Waals surface area contributed by atoms with Crippen LogP contribution in [-0.4, -0.2) is 48.6 Å². The molecule has 0 saturated heterocycles. The van der Waals surface area contributed by atoms with E-state index in [1.54, 1.807) is 26.0 Å². The Morgan fingerprint density at radius 2 is 2.05 bits per heavy atom. The molecule has 0 bridgehead atoms. The molecule has 0 aromatic carbocycles. The van der Waals surface area contributed by atoms with Gasteiger partial charge in [-0.1, -0.05) is 0 Å². The third-order valence-corrected chi connectivity index (χ3v) is 2.49. The lowest BCUT2D eigenvalue weighted by Crippen LogP contribution is -2.36. The van der Waals surface area contributed by atoms with Gasteiger partial charge in [0.1, 0.15) is 6.54 Å². The minimum Gasteiger partial charge on any atom is -0.481 e. The summed E-state index contributed by atoms with van der Waals surface area (Å²) in [4.78, 5) is 28.9. The largest absolute Gasteiger partial charge is 0.481 e. The summed E-state index contributed by atoms with van der Waals surface area (Å²) in [6, 6.07) is 3.22. The first-order chi connectivity index (χ1) is 9.12. The SMILES string of the molecule is CCOC(=O)CN(CC)C(=O)c1ccc(OC)nc1. The molecule has 19 heavy (non-hydrogen) atoms. The summed E-state index contributed by atoms with van der Waals surface area (Å²) in [7, 11) is 1.50. The Morgan fingerprint density at radius 3 is 2.53 bits per heavy atom. The van der Waals surface area contributed by atoms with Gasteiger partial charge in [-0.05, 0) is 19.9 Å². The van der Waals surface area contributed by atoms with E-state index in [0.29, 0.717) is 24.6 Å². The van der Waals surface area contributed by atoms with Crippen molar-refractivity contribution in [2.75, 3.05) is 26.8 Å². The first-order valence-corrected chi connectivity index (χ1v) is 6.07. The normalized spacial score (nSPS) is 9.84. The second kappa shape index (κ2) is 7.35. The van der Waals surface area contributed by atoms with E-state index in [0.717, 1.165) is 0 Å². The van der Waals surface area contributed by atoms with Gasteiger partial charge in [0.05, 0.1) is 19.3 Å². The van der Waals surface area contributed by atoms with Gasteiger partial charge in [0.15, 0.2) is 0 Å². The summed E-state index contributed by atoms with van der Waals surface area (Å²) >= 11 is 0. The molecule has 0 fully saturated rings. The van der Waals surface area contributed by atoms with Gasteiger partial charge in [0.2, 0.25) is 5.88 Å². The number of nitrogens with zero attached hydrogens (tertiary/aromatic N) is 2. The van der Waals surface area contributed by atoms with Gasteiger partial charge in [0, 0.05) is 18.8 Å². The van der Waals surface area contributed by atoms with Crippen LogP contribution in [0, 0.1) is 0 Å². The maximum Gasteiger partial charge on any atom is 0.325 e. The number of ether oxygens (including phenoxy) is 2. The van der Waals surface area contributed by atoms with Gasteiger partial charge >= 0.3 is 5.97 Å². The standard InChI is InChI=1S/C13H18N2O4/c1-4-15(9-12(16)19-5-2)13(17)10-6-7-11(18-3)14-8-10/h6-8H,4-5,9H2,1-3H3. The molecule has 104 valence electrons. The Morgan fingerprint density at radius 1 is 1.32 bits per heavy atom. The predicted molar refractivity (Wildman–Crippen MR) is 69.0 cm³/mol. The Labute approximate surface area is 112 Å². The molecular weight excluding hydrogens is 248 g/mol. The molecule has 0 radical (unpaired) electrons. The molecule has 1 amide bonds. The van der Waals surface area contributed by atoms with E-state index in [2.05, 4.69) is 4.98 Å².